The molecule has 2 saturated heterocycles. The summed E-state index contributed by atoms with van der Waals surface area (Å²) in [7, 11) is 0. The number of piperidine rings is 2. The third kappa shape index (κ3) is 17.0. The van der Waals surface area contributed by atoms with Crippen molar-refractivity contribution in [2.24, 2.45) is 11.8 Å². The first-order valence-electron chi connectivity index (χ1n) is 21.0. The van der Waals surface area contributed by atoms with Crippen LogP contribution in [0.5, 0.6) is 0 Å². The van der Waals surface area contributed by atoms with Crippen LogP contribution in [0, 0.1) is 11.8 Å². The second kappa shape index (κ2) is 23.5. The number of aryl methyl sites for hydroxylation is 2. The number of benzene rings is 4. The standard InChI is InChI=1S/C24H29BrN2O3.C14H13Br.C11H19NO4/c1-24(2,3)30-23(29)26-15-13-19(14-16-26)22(28)27(17-18-9-5-4-6-10-18)21-12-8-7-11-20(21)25;15-14-9-5-4-8-13(14)11-10-12-6-2-1-3-7-12;1-11(2,3)16-10(15)12-6-4-8(5-7-12)9(13)14/h4-12,19H,13-17H2,1-3H3;1-9H,10-11H2;8H,4-7H2,1-3H3,(H,13,14). The number of aliphatic carboxylic acids is 1. The van der Waals surface area contributed by atoms with Crippen molar-refractivity contribution in [3.8, 4) is 0 Å². The van der Waals surface area contributed by atoms with Crippen LogP contribution in [0.2, 0.25) is 0 Å². The number of rotatable bonds is 8. The number of anilines is 1. The lowest BCUT2D eigenvalue weighted by molar-refractivity contribution is -0.143. The minimum Gasteiger partial charge on any atom is -0.481 e. The van der Waals surface area contributed by atoms with Gasteiger partial charge in [-0.05, 0) is 131 Å². The molecule has 0 atom stereocenters. The Morgan fingerprint density at radius 1 is 0.590 bits per heavy atom. The van der Waals surface area contributed by atoms with Crippen molar-refractivity contribution in [3.63, 3.8) is 0 Å². The number of nitrogens with zero attached hydrogens (tertiary/aromatic N) is 3. The third-order valence-corrected chi connectivity index (χ3v) is 11.5. The van der Waals surface area contributed by atoms with Crippen LogP contribution in [0.3, 0.4) is 0 Å². The van der Waals surface area contributed by atoms with Crippen LogP contribution < -0.4 is 4.90 Å². The number of halogens is 2. The molecule has 2 heterocycles. The van der Waals surface area contributed by atoms with E-state index in [-0.39, 0.29) is 29.9 Å². The summed E-state index contributed by atoms with van der Waals surface area (Å²) in [4.78, 5) is 53.4. The molecule has 4 aromatic rings. The van der Waals surface area contributed by atoms with Crippen LogP contribution in [0.15, 0.2) is 118 Å². The van der Waals surface area contributed by atoms with E-state index in [0.717, 1.165) is 28.6 Å². The van der Waals surface area contributed by atoms with E-state index in [1.54, 1.807) is 9.80 Å². The van der Waals surface area contributed by atoms with Crippen molar-refractivity contribution in [1.82, 2.24) is 9.80 Å². The van der Waals surface area contributed by atoms with Gasteiger partial charge in [-0.3, -0.25) is 9.59 Å². The maximum absolute atomic E-state index is 13.5. The number of hydrogen-bond acceptors (Lipinski definition) is 6. The number of carbonyl (C=O) groups excluding carboxylic acids is 3. The molecule has 2 aliphatic heterocycles. The minimum absolute atomic E-state index is 0.0922. The van der Waals surface area contributed by atoms with Gasteiger partial charge in [0.1, 0.15) is 11.2 Å². The molecule has 1 N–H and O–H groups in total. The van der Waals surface area contributed by atoms with Crippen molar-refractivity contribution in [2.75, 3.05) is 31.1 Å². The van der Waals surface area contributed by atoms with Gasteiger partial charge in [0, 0.05) is 41.0 Å². The Morgan fingerprint density at radius 2 is 1.02 bits per heavy atom. The fourth-order valence-corrected chi connectivity index (χ4v) is 7.82. The van der Waals surface area contributed by atoms with Gasteiger partial charge in [0.05, 0.1) is 18.2 Å². The Labute approximate surface area is 378 Å². The van der Waals surface area contributed by atoms with Gasteiger partial charge in [-0.2, -0.15) is 0 Å². The maximum atomic E-state index is 13.5. The van der Waals surface area contributed by atoms with Gasteiger partial charge in [-0.1, -0.05) is 107 Å². The molecular formula is C49H61Br2N3O7. The fraction of sp³-hybridized carbons (Fsp3) is 0.429. The molecular weight excluding hydrogens is 902 g/mol. The molecule has 12 heteroatoms. The van der Waals surface area contributed by atoms with Crippen LogP contribution in [0.25, 0.3) is 0 Å². The normalized spacial score (nSPS) is 14.7. The minimum atomic E-state index is -0.774. The molecule has 4 aromatic carbocycles. The van der Waals surface area contributed by atoms with Gasteiger partial charge in [-0.15, -0.1) is 0 Å². The lowest BCUT2D eigenvalue weighted by atomic mass is 9.95. The van der Waals surface area contributed by atoms with Crippen LogP contribution in [0.4, 0.5) is 15.3 Å². The summed E-state index contributed by atoms with van der Waals surface area (Å²) >= 11 is 7.17. The predicted octanol–water partition coefficient (Wildman–Crippen LogP) is 11.6. The molecule has 0 aliphatic carbocycles. The number of para-hydroxylation sites is 1. The number of ether oxygens (including phenoxy) is 2. The number of carboxylic acid groups (broad SMARTS) is 1. The van der Waals surface area contributed by atoms with Crippen molar-refractivity contribution in [1.29, 1.82) is 0 Å². The highest BCUT2D eigenvalue weighted by Gasteiger charge is 2.33. The molecule has 328 valence electrons. The SMILES string of the molecule is Brc1ccccc1CCc1ccccc1.CC(C)(C)OC(=O)N1CCC(C(=O)N(Cc2ccccc2)c2ccccc2Br)CC1.CC(C)(C)OC(=O)N1CCC(C(=O)O)CC1. The molecule has 10 nitrogen and oxygen atoms in total. The first kappa shape index (κ1) is 49.0. The maximum Gasteiger partial charge on any atom is 0.410 e. The predicted molar refractivity (Wildman–Crippen MR) is 248 cm³/mol. The van der Waals surface area contributed by atoms with Gasteiger partial charge in [-0.25, -0.2) is 9.59 Å². The highest BCUT2D eigenvalue weighted by Crippen LogP contribution is 2.31. The Balaban J connectivity index is 0.000000222. The Bertz CT molecular complexity index is 2000. The van der Waals surface area contributed by atoms with E-state index in [2.05, 4.69) is 86.5 Å². The molecule has 0 radical (unpaired) electrons. The summed E-state index contributed by atoms with van der Waals surface area (Å²) < 4.78 is 12.8. The van der Waals surface area contributed by atoms with Crippen LogP contribution in [-0.4, -0.2) is 76.4 Å². The van der Waals surface area contributed by atoms with Crippen molar-refractivity contribution in [3.05, 3.63) is 135 Å². The van der Waals surface area contributed by atoms with E-state index in [1.165, 1.54) is 15.6 Å². The second-order valence-electron chi connectivity index (χ2n) is 17.3. The van der Waals surface area contributed by atoms with Gasteiger partial charge < -0.3 is 29.3 Å². The van der Waals surface area contributed by atoms with E-state index in [0.29, 0.717) is 58.4 Å². The lowest BCUT2D eigenvalue weighted by Crippen LogP contribution is -2.45. The van der Waals surface area contributed by atoms with Crippen LogP contribution >= 0.6 is 31.9 Å². The van der Waals surface area contributed by atoms with Gasteiger partial charge in [0.25, 0.3) is 0 Å². The molecule has 2 fully saturated rings. The number of hydrogen-bond donors (Lipinski definition) is 1. The molecule has 0 unspecified atom stereocenters. The Morgan fingerprint density at radius 3 is 1.48 bits per heavy atom. The number of likely N-dealkylation sites (tertiary alicyclic amines) is 2. The lowest BCUT2D eigenvalue weighted by Gasteiger charge is -2.35. The Hall–Kier alpha value is -4.68. The largest absolute Gasteiger partial charge is 0.481 e. The summed E-state index contributed by atoms with van der Waals surface area (Å²) in [6.07, 6.45) is 3.82. The van der Waals surface area contributed by atoms with E-state index >= 15 is 0 Å². The summed E-state index contributed by atoms with van der Waals surface area (Å²) in [5, 5.41) is 8.81. The Kier molecular flexibility index (Phi) is 18.9. The number of carbonyl (C=O) groups is 4. The van der Waals surface area contributed by atoms with E-state index in [4.69, 9.17) is 14.6 Å². The quantitative estimate of drug-likeness (QED) is 0.187. The zero-order valence-corrected chi connectivity index (χ0v) is 39.5. The molecule has 0 spiro atoms. The van der Waals surface area contributed by atoms with Crippen molar-refractivity contribution < 1.29 is 33.8 Å². The molecule has 0 bridgehead atoms. The number of carboxylic acids is 1. The van der Waals surface area contributed by atoms with Crippen LogP contribution in [-0.2, 0) is 38.4 Å². The van der Waals surface area contributed by atoms with Crippen molar-refractivity contribution in [2.45, 2.75) is 97.8 Å². The van der Waals surface area contributed by atoms with Gasteiger partial charge in [0.2, 0.25) is 5.91 Å². The molecule has 0 aromatic heterocycles. The average Bonchev–Trinajstić information content (AvgIpc) is 3.23. The van der Waals surface area contributed by atoms with Crippen LogP contribution in [0.1, 0.15) is 83.9 Å². The summed E-state index contributed by atoms with van der Waals surface area (Å²) in [5.41, 5.74) is 3.69. The first-order chi connectivity index (χ1) is 28.9. The molecule has 0 saturated carbocycles. The smallest absolute Gasteiger partial charge is 0.410 e. The van der Waals surface area contributed by atoms with E-state index in [1.807, 2.05) is 101 Å². The molecule has 2 aliphatic rings. The van der Waals surface area contributed by atoms with E-state index < -0.39 is 17.2 Å². The fourth-order valence-electron chi connectivity index (χ4n) is 6.83. The highest BCUT2D eigenvalue weighted by atomic mass is 79.9. The molecule has 61 heavy (non-hydrogen) atoms. The van der Waals surface area contributed by atoms with Crippen molar-refractivity contribution >= 4 is 61.6 Å². The topological polar surface area (TPSA) is 117 Å². The highest BCUT2D eigenvalue weighted by molar-refractivity contribution is 9.11. The van der Waals surface area contributed by atoms with Gasteiger partial charge in [0.15, 0.2) is 0 Å². The zero-order chi connectivity index (χ0) is 44.6. The molecule has 3 amide bonds. The average molecular weight is 964 g/mol. The third-order valence-electron chi connectivity index (χ3n) is 10.1. The summed E-state index contributed by atoms with van der Waals surface area (Å²) in [5.74, 6) is -1.13. The van der Waals surface area contributed by atoms with Gasteiger partial charge >= 0.3 is 18.2 Å². The van der Waals surface area contributed by atoms with E-state index in [9.17, 15) is 19.2 Å². The first-order valence-corrected chi connectivity index (χ1v) is 22.5. The molecule has 6 rings (SSSR count). The summed E-state index contributed by atoms with van der Waals surface area (Å²) in [6.45, 7) is 13.5. The summed E-state index contributed by atoms with van der Waals surface area (Å²) in [6, 6.07) is 36.8. The monoisotopic (exact) mass is 961 g/mol. The number of amides is 3. The zero-order valence-electron chi connectivity index (χ0n) is 36.3. The second-order valence-corrected chi connectivity index (χ2v) is 19.0.